The molecule has 0 radical (unpaired) electrons. The Bertz CT molecular complexity index is 725. The minimum atomic E-state index is -3.16. The van der Waals surface area contributed by atoms with E-state index < -0.39 is 9.84 Å². The largest absolute Gasteiger partial charge is 0.449 e. The van der Waals surface area contributed by atoms with Crippen molar-refractivity contribution >= 4 is 15.5 Å². The maximum absolute atomic E-state index is 11.7. The topological polar surface area (TPSA) is 83.1 Å². The van der Waals surface area contributed by atoms with E-state index in [2.05, 4.69) is 5.32 Å². The zero-order chi connectivity index (χ0) is 14.6. The second-order valence-electron chi connectivity index (χ2n) is 4.16. The van der Waals surface area contributed by atoms with Gasteiger partial charge in [-0.1, -0.05) is 6.92 Å². The van der Waals surface area contributed by atoms with E-state index >= 15 is 0 Å². The molecule has 2 rings (SSSR count). The molecular weight excluding hydrogens is 276 g/mol. The van der Waals surface area contributed by atoms with Gasteiger partial charge in [0.15, 0.2) is 9.84 Å². The average molecular weight is 290 g/mol. The summed E-state index contributed by atoms with van der Waals surface area (Å²) in [4.78, 5) is 0.315. The van der Waals surface area contributed by atoms with Crippen molar-refractivity contribution in [2.75, 3.05) is 11.1 Å². The fraction of sp³-hybridized carbons (Fsp3) is 0.214. The molecule has 0 atom stereocenters. The van der Waals surface area contributed by atoms with Crippen LogP contribution in [0.5, 0.6) is 0 Å². The number of sulfone groups is 1. The molecule has 0 aliphatic rings. The van der Waals surface area contributed by atoms with Crippen LogP contribution >= 0.6 is 0 Å². The number of hydrogen-bond donors (Lipinski definition) is 1. The Morgan fingerprint density at radius 3 is 2.45 bits per heavy atom. The van der Waals surface area contributed by atoms with Gasteiger partial charge in [0.2, 0.25) is 5.76 Å². The number of benzene rings is 1. The van der Waals surface area contributed by atoms with Crippen molar-refractivity contribution in [3.8, 4) is 6.07 Å². The maximum atomic E-state index is 11.7. The summed E-state index contributed by atoms with van der Waals surface area (Å²) in [6, 6.07) is 11.8. The number of furan rings is 1. The van der Waals surface area contributed by atoms with Gasteiger partial charge in [-0.05, 0) is 36.4 Å². The van der Waals surface area contributed by atoms with Crippen molar-refractivity contribution in [1.29, 1.82) is 5.26 Å². The lowest BCUT2D eigenvalue weighted by Crippen LogP contribution is -2.04. The highest BCUT2D eigenvalue weighted by molar-refractivity contribution is 7.91. The van der Waals surface area contributed by atoms with Crippen LogP contribution in [-0.4, -0.2) is 14.2 Å². The number of nitriles is 1. The van der Waals surface area contributed by atoms with Crippen molar-refractivity contribution < 1.29 is 12.8 Å². The van der Waals surface area contributed by atoms with Crippen LogP contribution in [-0.2, 0) is 16.4 Å². The molecule has 2 aromatic rings. The Balaban J connectivity index is 2.03. The maximum Gasteiger partial charge on any atom is 0.203 e. The first-order chi connectivity index (χ1) is 9.55. The molecule has 6 heteroatoms. The predicted molar refractivity (Wildman–Crippen MR) is 74.9 cm³/mol. The van der Waals surface area contributed by atoms with Gasteiger partial charge in [0, 0.05) is 5.69 Å². The molecule has 1 N–H and O–H groups in total. The van der Waals surface area contributed by atoms with Crippen LogP contribution in [0, 0.1) is 11.3 Å². The molecule has 0 aliphatic carbocycles. The number of anilines is 1. The van der Waals surface area contributed by atoms with E-state index in [1.165, 1.54) is 0 Å². The summed E-state index contributed by atoms with van der Waals surface area (Å²) in [5, 5.41) is 11.7. The Hall–Kier alpha value is -2.26. The Morgan fingerprint density at radius 2 is 1.90 bits per heavy atom. The fourth-order valence-corrected chi connectivity index (χ4v) is 2.55. The van der Waals surface area contributed by atoms with Crippen LogP contribution < -0.4 is 5.32 Å². The van der Waals surface area contributed by atoms with E-state index in [1.54, 1.807) is 43.3 Å². The molecule has 104 valence electrons. The van der Waals surface area contributed by atoms with E-state index in [0.717, 1.165) is 5.69 Å². The van der Waals surface area contributed by atoms with Gasteiger partial charge in [0.25, 0.3) is 0 Å². The molecule has 0 unspecified atom stereocenters. The van der Waals surface area contributed by atoms with Crippen LogP contribution in [0.25, 0.3) is 0 Å². The highest BCUT2D eigenvalue weighted by atomic mass is 32.2. The van der Waals surface area contributed by atoms with Crippen molar-refractivity contribution in [2.24, 2.45) is 0 Å². The SMILES string of the molecule is CCS(=O)(=O)c1ccc(NCc2ccc(C#N)o2)cc1. The number of nitrogens with zero attached hydrogens (tertiary/aromatic N) is 1. The summed E-state index contributed by atoms with van der Waals surface area (Å²) in [6.07, 6.45) is 0. The van der Waals surface area contributed by atoms with Gasteiger partial charge in [-0.3, -0.25) is 0 Å². The third-order valence-electron chi connectivity index (χ3n) is 2.83. The van der Waals surface area contributed by atoms with E-state index in [0.29, 0.717) is 17.2 Å². The minimum Gasteiger partial charge on any atom is -0.449 e. The van der Waals surface area contributed by atoms with Crippen LogP contribution in [0.3, 0.4) is 0 Å². The summed E-state index contributed by atoms with van der Waals surface area (Å²) >= 11 is 0. The molecule has 0 bridgehead atoms. The van der Waals surface area contributed by atoms with Crippen LogP contribution in [0.2, 0.25) is 0 Å². The van der Waals surface area contributed by atoms with E-state index in [1.807, 2.05) is 6.07 Å². The lowest BCUT2D eigenvalue weighted by molar-refractivity contribution is 0.506. The fourth-order valence-electron chi connectivity index (χ4n) is 1.67. The standard InChI is InChI=1S/C14H14N2O3S/c1-2-20(17,18)14-7-3-11(4-8-14)16-10-13-6-5-12(9-15)19-13/h3-8,16H,2,10H2,1H3. The zero-order valence-corrected chi connectivity index (χ0v) is 11.8. The van der Waals surface area contributed by atoms with Gasteiger partial charge in [-0.15, -0.1) is 0 Å². The van der Waals surface area contributed by atoms with Gasteiger partial charge in [-0.25, -0.2) is 8.42 Å². The molecule has 0 spiro atoms. The van der Waals surface area contributed by atoms with Gasteiger partial charge in [0.1, 0.15) is 11.8 Å². The summed E-state index contributed by atoms with van der Waals surface area (Å²) in [7, 11) is -3.16. The average Bonchev–Trinajstić information content (AvgIpc) is 2.93. The molecule has 0 aliphatic heterocycles. The van der Waals surface area contributed by atoms with Crippen LogP contribution in [0.15, 0.2) is 45.7 Å². The molecule has 0 saturated carbocycles. The van der Waals surface area contributed by atoms with Gasteiger partial charge in [-0.2, -0.15) is 5.26 Å². The first-order valence-electron chi connectivity index (χ1n) is 6.10. The van der Waals surface area contributed by atoms with Crippen LogP contribution in [0.4, 0.5) is 5.69 Å². The van der Waals surface area contributed by atoms with E-state index in [9.17, 15) is 8.42 Å². The molecule has 0 saturated heterocycles. The quantitative estimate of drug-likeness (QED) is 0.915. The molecule has 0 amide bonds. The summed E-state index contributed by atoms with van der Waals surface area (Å²) in [6.45, 7) is 2.05. The molecule has 0 fully saturated rings. The first kappa shape index (κ1) is 14.2. The predicted octanol–water partition coefficient (Wildman–Crippen LogP) is 2.56. The van der Waals surface area contributed by atoms with Crippen LogP contribution in [0.1, 0.15) is 18.4 Å². The smallest absolute Gasteiger partial charge is 0.203 e. The van der Waals surface area contributed by atoms with Crippen molar-refractivity contribution in [3.63, 3.8) is 0 Å². The lowest BCUT2D eigenvalue weighted by Gasteiger charge is -2.06. The first-order valence-corrected chi connectivity index (χ1v) is 7.76. The van der Waals surface area contributed by atoms with Crippen molar-refractivity contribution in [1.82, 2.24) is 0 Å². The molecule has 1 heterocycles. The Labute approximate surface area is 117 Å². The highest BCUT2D eigenvalue weighted by Gasteiger charge is 2.10. The third-order valence-corrected chi connectivity index (χ3v) is 4.58. The summed E-state index contributed by atoms with van der Waals surface area (Å²) < 4.78 is 28.6. The van der Waals surface area contributed by atoms with Crippen molar-refractivity contribution in [2.45, 2.75) is 18.4 Å². The molecule has 5 nitrogen and oxygen atoms in total. The van der Waals surface area contributed by atoms with E-state index in [-0.39, 0.29) is 11.5 Å². The zero-order valence-electron chi connectivity index (χ0n) is 11.0. The monoisotopic (exact) mass is 290 g/mol. The number of nitrogens with one attached hydrogen (secondary N) is 1. The minimum absolute atomic E-state index is 0.0864. The molecule has 1 aromatic carbocycles. The van der Waals surface area contributed by atoms with E-state index in [4.69, 9.17) is 9.68 Å². The molecule has 1 aromatic heterocycles. The normalized spacial score (nSPS) is 11.0. The molecular formula is C14H14N2O3S. The number of rotatable bonds is 5. The second-order valence-corrected chi connectivity index (χ2v) is 6.44. The third kappa shape index (κ3) is 3.19. The number of hydrogen-bond acceptors (Lipinski definition) is 5. The van der Waals surface area contributed by atoms with Gasteiger partial charge in [0.05, 0.1) is 17.2 Å². The second kappa shape index (κ2) is 5.80. The lowest BCUT2D eigenvalue weighted by atomic mass is 10.3. The highest BCUT2D eigenvalue weighted by Crippen LogP contribution is 2.16. The summed E-state index contributed by atoms with van der Waals surface area (Å²) in [5.74, 6) is 1.00. The summed E-state index contributed by atoms with van der Waals surface area (Å²) in [5.41, 5.74) is 0.787. The van der Waals surface area contributed by atoms with Crippen molar-refractivity contribution in [3.05, 3.63) is 47.9 Å². The van der Waals surface area contributed by atoms with Gasteiger partial charge < -0.3 is 9.73 Å². The molecule has 20 heavy (non-hydrogen) atoms. The Kier molecular flexibility index (Phi) is 4.11. The van der Waals surface area contributed by atoms with Gasteiger partial charge >= 0.3 is 0 Å². The Morgan fingerprint density at radius 1 is 1.20 bits per heavy atom.